The molecule has 1 aromatic rings. The lowest BCUT2D eigenvalue weighted by Gasteiger charge is -2.25. The summed E-state index contributed by atoms with van der Waals surface area (Å²) in [4.78, 5) is 16.5. The second-order valence-corrected chi connectivity index (χ2v) is 5.36. The van der Waals surface area contributed by atoms with Crippen LogP contribution in [0.1, 0.15) is 43.2 Å². The van der Waals surface area contributed by atoms with Gasteiger partial charge in [0.15, 0.2) is 0 Å². The van der Waals surface area contributed by atoms with Crippen molar-refractivity contribution in [2.24, 2.45) is 4.99 Å². The third kappa shape index (κ3) is 3.60. The van der Waals surface area contributed by atoms with Gasteiger partial charge in [-0.05, 0) is 48.1 Å². The zero-order chi connectivity index (χ0) is 15.2. The number of hydrogen-bond donors (Lipinski definition) is 0. The van der Waals surface area contributed by atoms with E-state index in [1.54, 1.807) is 14.2 Å². The Labute approximate surface area is 126 Å². The zero-order valence-corrected chi connectivity index (χ0v) is 13.1. The first-order valence-corrected chi connectivity index (χ1v) is 7.50. The lowest BCUT2D eigenvalue weighted by Crippen LogP contribution is -2.21. The van der Waals surface area contributed by atoms with Crippen LogP contribution in [0.2, 0.25) is 0 Å². The average molecular weight is 285 g/mol. The highest BCUT2D eigenvalue weighted by Gasteiger charge is 2.28. The molecule has 0 bridgehead atoms. The number of fused-ring (bicyclic) bond motifs is 1. The van der Waals surface area contributed by atoms with Crippen molar-refractivity contribution in [1.29, 1.82) is 0 Å². The molecule has 1 unspecified atom stereocenters. The van der Waals surface area contributed by atoms with Crippen molar-refractivity contribution in [3.05, 3.63) is 41.0 Å². The van der Waals surface area contributed by atoms with Crippen molar-refractivity contribution in [3.63, 3.8) is 0 Å². The van der Waals surface area contributed by atoms with E-state index in [9.17, 15) is 4.79 Å². The Morgan fingerprint density at radius 3 is 2.90 bits per heavy atom. The molecular formula is C18H23NO2. The number of aliphatic imine (C=N–C) groups is 1. The largest absolute Gasteiger partial charge is 0.497 e. The second-order valence-electron chi connectivity index (χ2n) is 5.36. The molecule has 2 rings (SSSR count). The molecule has 21 heavy (non-hydrogen) atoms. The highest BCUT2D eigenvalue weighted by atomic mass is 16.5. The average Bonchev–Trinajstić information content (AvgIpc) is 2.50. The van der Waals surface area contributed by atoms with E-state index < -0.39 is 0 Å². The third-order valence-electron chi connectivity index (χ3n) is 3.96. The molecule has 0 saturated heterocycles. The number of ketones is 1. The number of rotatable bonds is 5. The molecule has 0 radical (unpaired) electrons. The molecule has 0 fully saturated rings. The predicted molar refractivity (Wildman–Crippen MR) is 86.5 cm³/mol. The number of carbonyl (C=O) groups excluding carboxylic acids is 1. The molecule has 0 saturated carbocycles. The van der Waals surface area contributed by atoms with E-state index in [0.29, 0.717) is 12.2 Å². The fourth-order valence-corrected chi connectivity index (χ4v) is 2.95. The fraction of sp³-hybridized carbons (Fsp3) is 0.444. The molecule has 1 aliphatic rings. The van der Waals surface area contributed by atoms with Gasteiger partial charge in [-0.2, -0.15) is 0 Å². The van der Waals surface area contributed by atoms with Crippen LogP contribution in [0.4, 0.5) is 0 Å². The van der Waals surface area contributed by atoms with Gasteiger partial charge >= 0.3 is 0 Å². The topological polar surface area (TPSA) is 38.7 Å². The molecule has 0 heterocycles. The van der Waals surface area contributed by atoms with Crippen molar-refractivity contribution in [2.75, 3.05) is 14.2 Å². The molecule has 0 N–H and O–H groups in total. The smallest absolute Gasteiger partial charge is 0.141 e. The minimum absolute atomic E-state index is 0.0459. The summed E-state index contributed by atoms with van der Waals surface area (Å²) in [5, 5.41) is 0. The standard InChI is InChI=1S/C18H23NO2/c1-4-5-13(12-19-2)10-17-16-8-7-15(21-3)11-14(16)6-9-18(17)20/h5,7-8,11-12,17H,4,6,9-10H2,1-3H3/b13-5-,19-12?. The first kappa shape index (κ1) is 15.5. The van der Waals surface area contributed by atoms with Crippen molar-refractivity contribution < 1.29 is 9.53 Å². The predicted octanol–water partition coefficient (Wildman–Crippen LogP) is 3.72. The first-order chi connectivity index (χ1) is 10.2. The highest BCUT2D eigenvalue weighted by molar-refractivity contribution is 5.90. The Bertz CT molecular complexity index is 573. The lowest BCUT2D eigenvalue weighted by atomic mass is 9.78. The normalized spacial score (nSPS) is 18.9. The molecular weight excluding hydrogens is 262 g/mol. The van der Waals surface area contributed by atoms with Gasteiger partial charge in [-0.15, -0.1) is 0 Å². The van der Waals surface area contributed by atoms with E-state index in [-0.39, 0.29) is 5.92 Å². The number of aryl methyl sites for hydroxylation is 1. The number of benzene rings is 1. The maximum atomic E-state index is 12.4. The van der Waals surface area contributed by atoms with Crippen LogP contribution in [-0.4, -0.2) is 26.2 Å². The van der Waals surface area contributed by atoms with Crippen molar-refractivity contribution >= 4 is 12.0 Å². The minimum atomic E-state index is -0.0459. The Morgan fingerprint density at radius 2 is 2.24 bits per heavy atom. The van der Waals surface area contributed by atoms with Crippen LogP contribution in [-0.2, 0) is 11.2 Å². The Hall–Kier alpha value is -1.90. The number of nitrogens with zero attached hydrogens (tertiary/aromatic N) is 1. The Kier molecular flexibility index (Phi) is 5.32. The van der Waals surface area contributed by atoms with Gasteiger partial charge in [0.2, 0.25) is 0 Å². The molecule has 0 amide bonds. The maximum absolute atomic E-state index is 12.4. The molecule has 0 aromatic heterocycles. The van der Waals surface area contributed by atoms with Crippen LogP contribution in [0, 0.1) is 0 Å². The van der Waals surface area contributed by atoms with E-state index in [1.165, 1.54) is 5.56 Å². The van der Waals surface area contributed by atoms with E-state index in [4.69, 9.17) is 4.74 Å². The molecule has 112 valence electrons. The maximum Gasteiger partial charge on any atom is 0.141 e. The summed E-state index contributed by atoms with van der Waals surface area (Å²) in [5.41, 5.74) is 3.53. The molecule has 0 aliphatic heterocycles. The number of methoxy groups -OCH3 is 1. The van der Waals surface area contributed by atoms with E-state index in [1.807, 2.05) is 18.3 Å². The number of allylic oxidation sites excluding steroid dienone is 2. The van der Waals surface area contributed by atoms with Gasteiger partial charge in [0, 0.05) is 25.6 Å². The van der Waals surface area contributed by atoms with Gasteiger partial charge in [-0.1, -0.05) is 19.1 Å². The quantitative estimate of drug-likeness (QED) is 0.773. The number of hydrogen-bond acceptors (Lipinski definition) is 3. The summed E-state index contributed by atoms with van der Waals surface area (Å²) < 4.78 is 5.28. The van der Waals surface area contributed by atoms with E-state index in [2.05, 4.69) is 24.1 Å². The highest BCUT2D eigenvalue weighted by Crippen LogP contribution is 2.35. The molecule has 1 aromatic carbocycles. The third-order valence-corrected chi connectivity index (χ3v) is 3.96. The second kappa shape index (κ2) is 7.21. The summed E-state index contributed by atoms with van der Waals surface area (Å²) in [5.74, 6) is 1.15. The molecule has 1 atom stereocenters. The van der Waals surface area contributed by atoms with E-state index >= 15 is 0 Å². The Morgan fingerprint density at radius 1 is 1.43 bits per heavy atom. The Balaban J connectivity index is 2.32. The van der Waals surface area contributed by atoms with Crippen LogP contribution in [0.25, 0.3) is 0 Å². The minimum Gasteiger partial charge on any atom is -0.497 e. The van der Waals surface area contributed by atoms with Crippen LogP contribution >= 0.6 is 0 Å². The van der Waals surface area contributed by atoms with Gasteiger partial charge < -0.3 is 4.74 Å². The monoisotopic (exact) mass is 285 g/mol. The fourth-order valence-electron chi connectivity index (χ4n) is 2.95. The van der Waals surface area contributed by atoms with Crippen LogP contribution < -0.4 is 4.74 Å². The lowest BCUT2D eigenvalue weighted by molar-refractivity contribution is -0.120. The van der Waals surface area contributed by atoms with Gasteiger partial charge in [0.05, 0.1) is 7.11 Å². The van der Waals surface area contributed by atoms with Gasteiger partial charge in [-0.3, -0.25) is 9.79 Å². The molecule has 3 nitrogen and oxygen atoms in total. The zero-order valence-electron chi connectivity index (χ0n) is 13.1. The van der Waals surface area contributed by atoms with E-state index in [0.717, 1.165) is 36.1 Å². The molecule has 1 aliphatic carbocycles. The van der Waals surface area contributed by atoms with Crippen LogP contribution in [0.5, 0.6) is 5.75 Å². The van der Waals surface area contributed by atoms with Crippen LogP contribution in [0.15, 0.2) is 34.8 Å². The van der Waals surface area contributed by atoms with Crippen molar-refractivity contribution in [1.82, 2.24) is 0 Å². The van der Waals surface area contributed by atoms with Gasteiger partial charge in [0.1, 0.15) is 11.5 Å². The number of Topliss-reactive ketones (excluding diaryl/α,β-unsaturated/α-hetero) is 1. The van der Waals surface area contributed by atoms with Crippen LogP contribution in [0.3, 0.4) is 0 Å². The summed E-state index contributed by atoms with van der Waals surface area (Å²) in [6.45, 7) is 2.10. The SMILES string of the molecule is CC/C=C(\C=NC)CC1C(=O)CCc2cc(OC)ccc21. The van der Waals surface area contributed by atoms with Gasteiger partial charge in [0.25, 0.3) is 0 Å². The summed E-state index contributed by atoms with van der Waals surface area (Å²) in [6.07, 6.45) is 7.15. The molecule has 3 heteroatoms. The summed E-state index contributed by atoms with van der Waals surface area (Å²) >= 11 is 0. The molecule has 0 spiro atoms. The first-order valence-electron chi connectivity index (χ1n) is 7.50. The summed E-state index contributed by atoms with van der Waals surface area (Å²) in [6, 6.07) is 6.05. The van der Waals surface area contributed by atoms with Gasteiger partial charge in [-0.25, -0.2) is 0 Å². The summed E-state index contributed by atoms with van der Waals surface area (Å²) in [7, 11) is 3.44. The number of carbonyl (C=O) groups is 1. The number of ether oxygens (including phenoxy) is 1. The van der Waals surface area contributed by atoms with Crippen molar-refractivity contribution in [2.45, 2.75) is 38.5 Å². The van der Waals surface area contributed by atoms with Crippen molar-refractivity contribution in [3.8, 4) is 5.75 Å².